The van der Waals surface area contributed by atoms with Crippen molar-refractivity contribution in [2.24, 2.45) is 7.05 Å². The molecule has 2 rings (SSSR count). The smallest absolute Gasteiger partial charge is 0.270 e. The van der Waals surface area contributed by atoms with Gasteiger partial charge in [-0.05, 0) is 19.0 Å². The normalized spacial score (nSPS) is 20.1. The van der Waals surface area contributed by atoms with Crippen LogP contribution in [0.1, 0.15) is 16.9 Å². The van der Waals surface area contributed by atoms with E-state index in [0.717, 1.165) is 19.5 Å². The van der Waals surface area contributed by atoms with Gasteiger partial charge in [-0.3, -0.25) is 4.79 Å². The molecule has 0 saturated carbocycles. The number of halogens is 1. The van der Waals surface area contributed by atoms with Gasteiger partial charge in [0.25, 0.3) is 5.91 Å². The van der Waals surface area contributed by atoms with Gasteiger partial charge >= 0.3 is 0 Å². The maximum atomic E-state index is 12.2. The molecule has 5 heteroatoms. The minimum Gasteiger partial charge on any atom is -0.345 e. The third kappa shape index (κ3) is 2.08. The van der Waals surface area contributed by atoms with E-state index in [2.05, 4.69) is 5.32 Å². The van der Waals surface area contributed by atoms with Crippen LogP contribution in [0.2, 0.25) is 5.02 Å². The average Bonchev–Trinajstić information content (AvgIpc) is 2.85. The third-order valence-corrected chi connectivity index (χ3v) is 3.30. The standard InChI is InChI=1S/C11H16ClN3O/c1-14-7-8(12)5-10(14)11(16)15(2)9-3-4-13-6-9/h5,7,9,13H,3-4,6H2,1-2H3. The molecule has 0 aliphatic carbocycles. The van der Waals surface area contributed by atoms with Crippen molar-refractivity contribution in [1.82, 2.24) is 14.8 Å². The first kappa shape index (κ1) is 11.5. The summed E-state index contributed by atoms with van der Waals surface area (Å²) in [6, 6.07) is 2.00. The number of hydrogen-bond donors (Lipinski definition) is 1. The molecule has 0 radical (unpaired) electrons. The third-order valence-electron chi connectivity index (χ3n) is 3.09. The van der Waals surface area contributed by atoms with Gasteiger partial charge in [-0.25, -0.2) is 0 Å². The molecule has 0 aromatic carbocycles. The molecule has 1 aromatic heterocycles. The van der Waals surface area contributed by atoms with Crippen LogP contribution in [0.4, 0.5) is 0 Å². The molecule has 16 heavy (non-hydrogen) atoms. The van der Waals surface area contributed by atoms with E-state index in [1.807, 2.05) is 14.1 Å². The van der Waals surface area contributed by atoms with Crippen LogP contribution >= 0.6 is 11.6 Å². The van der Waals surface area contributed by atoms with Gasteiger partial charge in [-0.1, -0.05) is 11.6 Å². The van der Waals surface area contributed by atoms with Crippen LogP contribution in [0.3, 0.4) is 0 Å². The first-order valence-corrected chi connectivity index (χ1v) is 5.77. The average molecular weight is 242 g/mol. The quantitative estimate of drug-likeness (QED) is 0.843. The molecule has 1 saturated heterocycles. The van der Waals surface area contributed by atoms with Crippen LogP contribution < -0.4 is 5.32 Å². The fraction of sp³-hybridized carbons (Fsp3) is 0.545. The number of aromatic nitrogens is 1. The molecule has 1 amide bonds. The summed E-state index contributed by atoms with van der Waals surface area (Å²) in [5.74, 6) is 0.0306. The first-order chi connectivity index (χ1) is 7.59. The van der Waals surface area contributed by atoms with Crippen molar-refractivity contribution in [1.29, 1.82) is 0 Å². The molecule has 1 aliphatic heterocycles. The first-order valence-electron chi connectivity index (χ1n) is 5.39. The van der Waals surface area contributed by atoms with Crippen molar-refractivity contribution in [3.63, 3.8) is 0 Å². The van der Waals surface area contributed by atoms with Crippen molar-refractivity contribution in [3.05, 3.63) is 23.0 Å². The molecule has 0 bridgehead atoms. The summed E-state index contributed by atoms with van der Waals surface area (Å²) in [6.07, 6.45) is 2.76. The molecule has 4 nitrogen and oxygen atoms in total. The fourth-order valence-electron chi connectivity index (χ4n) is 2.05. The lowest BCUT2D eigenvalue weighted by Gasteiger charge is -2.23. The zero-order chi connectivity index (χ0) is 11.7. The lowest BCUT2D eigenvalue weighted by molar-refractivity contribution is 0.0734. The highest BCUT2D eigenvalue weighted by Gasteiger charge is 2.25. The number of amides is 1. The van der Waals surface area contributed by atoms with E-state index in [4.69, 9.17) is 11.6 Å². The Morgan fingerprint density at radius 3 is 2.94 bits per heavy atom. The number of rotatable bonds is 2. The fourth-order valence-corrected chi connectivity index (χ4v) is 2.30. The molecule has 88 valence electrons. The molecule has 1 atom stereocenters. The summed E-state index contributed by atoms with van der Waals surface area (Å²) in [5, 5.41) is 3.85. The summed E-state index contributed by atoms with van der Waals surface area (Å²) in [6.45, 7) is 1.86. The lowest BCUT2D eigenvalue weighted by Crippen LogP contribution is -2.39. The maximum absolute atomic E-state index is 12.2. The Morgan fingerprint density at radius 1 is 1.69 bits per heavy atom. The molecule has 2 heterocycles. The van der Waals surface area contributed by atoms with Crippen LogP contribution in [-0.2, 0) is 7.05 Å². The van der Waals surface area contributed by atoms with Gasteiger partial charge < -0.3 is 14.8 Å². The zero-order valence-electron chi connectivity index (χ0n) is 9.53. The molecule has 1 fully saturated rings. The maximum Gasteiger partial charge on any atom is 0.270 e. The molecule has 1 N–H and O–H groups in total. The second kappa shape index (κ2) is 4.47. The van der Waals surface area contributed by atoms with Crippen LogP contribution in [0.5, 0.6) is 0 Å². The zero-order valence-corrected chi connectivity index (χ0v) is 10.3. The number of carbonyl (C=O) groups excluding carboxylic acids is 1. The number of aryl methyl sites for hydroxylation is 1. The van der Waals surface area contributed by atoms with E-state index in [9.17, 15) is 4.79 Å². The van der Waals surface area contributed by atoms with E-state index in [1.165, 1.54) is 0 Å². The predicted molar refractivity (Wildman–Crippen MR) is 63.8 cm³/mol. The van der Waals surface area contributed by atoms with Crippen molar-refractivity contribution in [3.8, 4) is 0 Å². The van der Waals surface area contributed by atoms with Crippen LogP contribution in [0, 0.1) is 0 Å². The number of likely N-dealkylation sites (N-methyl/N-ethyl adjacent to an activating group) is 1. The van der Waals surface area contributed by atoms with E-state index in [0.29, 0.717) is 16.8 Å². The number of nitrogens with zero attached hydrogens (tertiary/aromatic N) is 2. The monoisotopic (exact) mass is 241 g/mol. The Balaban J connectivity index is 2.14. The summed E-state index contributed by atoms with van der Waals surface area (Å²) < 4.78 is 1.77. The highest BCUT2D eigenvalue weighted by atomic mass is 35.5. The van der Waals surface area contributed by atoms with Gasteiger partial charge in [-0.2, -0.15) is 0 Å². The molecular weight excluding hydrogens is 226 g/mol. The van der Waals surface area contributed by atoms with Gasteiger partial charge in [0.05, 0.1) is 5.02 Å². The Morgan fingerprint density at radius 2 is 2.44 bits per heavy atom. The lowest BCUT2D eigenvalue weighted by atomic mass is 10.2. The highest BCUT2D eigenvalue weighted by molar-refractivity contribution is 6.31. The molecule has 1 unspecified atom stereocenters. The van der Waals surface area contributed by atoms with E-state index >= 15 is 0 Å². The highest BCUT2D eigenvalue weighted by Crippen LogP contribution is 2.16. The SMILES string of the molecule is CN(C(=O)c1cc(Cl)cn1C)C1CCNC1. The van der Waals surface area contributed by atoms with E-state index in [-0.39, 0.29) is 5.91 Å². The second-order valence-electron chi connectivity index (χ2n) is 4.22. The van der Waals surface area contributed by atoms with Crippen LogP contribution in [0.25, 0.3) is 0 Å². The van der Waals surface area contributed by atoms with Crippen molar-refractivity contribution < 1.29 is 4.79 Å². The largest absolute Gasteiger partial charge is 0.345 e. The Bertz CT molecular complexity index is 396. The number of carbonyl (C=O) groups is 1. The Labute approximate surface area is 100 Å². The summed E-state index contributed by atoms with van der Waals surface area (Å²) in [7, 11) is 3.68. The van der Waals surface area contributed by atoms with E-state index < -0.39 is 0 Å². The summed E-state index contributed by atoms with van der Waals surface area (Å²) >= 11 is 5.87. The molecular formula is C11H16ClN3O. The molecule has 1 aromatic rings. The van der Waals surface area contributed by atoms with Crippen molar-refractivity contribution in [2.75, 3.05) is 20.1 Å². The molecule has 0 spiro atoms. The Hall–Kier alpha value is -1.00. The molecule has 1 aliphatic rings. The van der Waals surface area contributed by atoms with E-state index in [1.54, 1.807) is 21.7 Å². The van der Waals surface area contributed by atoms with Gasteiger partial charge in [0.2, 0.25) is 0 Å². The summed E-state index contributed by atoms with van der Waals surface area (Å²) in [4.78, 5) is 14.0. The van der Waals surface area contributed by atoms with Crippen LogP contribution in [-0.4, -0.2) is 41.6 Å². The Kier molecular flexibility index (Phi) is 3.21. The minimum absolute atomic E-state index is 0.0306. The van der Waals surface area contributed by atoms with Gasteiger partial charge in [0, 0.05) is 32.9 Å². The minimum atomic E-state index is 0.0306. The van der Waals surface area contributed by atoms with Crippen molar-refractivity contribution in [2.45, 2.75) is 12.5 Å². The number of nitrogens with one attached hydrogen (secondary N) is 1. The predicted octanol–water partition coefficient (Wildman–Crippen LogP) is 1.11. The number of hydrogen-bond acceptors (Lipinski definition) is 2. The summed E-state index contributed by atoms with van der Waals surface area (Å²) in [5.41, 5.74) is 0.638. The van der Waals surface area contributed by atoms with Crippen LogP contribution in [0.15, 0.2) is 12.3 Å². The van der Waals surface area contributed by atoms with Crippen molar-refractivity contribution >= 4 is 17.5 Å². The van der Waals surface area contributed by atoms with Gasteiger partial charge in [0.1, 0.15) is 5.69 Å². The van der Waals surface area contributed by atoms with Gasteiger partial charge in [0.15, 0.2) is 0 Å². The van der Waals surface area contributed by atoms with Gasteiger partial charge in [-0.15, -0.1) is 0 Å². The topological polar surface area (TPSA) is 37.3 Å². The second-order valence-corrected chi connectivity index (χ2v) is 4.65.